The predicted molar refractivity (Wildman–Crippen MR) is 115 cm³/mol. The Bertz CT molecular complexity index is 965. The summed E-state index contributed by atoms with van der Waals surface area (Å²) in [6.07, 6.45) is 4.29. The van der Waals surface area contributed by atoms with Gasteiger partial charge in [-0.1, -0.05) is 35.9 Å². The molecule has 5 nitrogen and oxygen atoms in total. The summed E-state index contributed by atoms with van der Waals surface area (Å²) in [5.74, 6) is -0.659. The highest BCUT2D eigenvalue weighted by Crippen LogP contribution is 2.51. The lowest BCUT2D eigenvalue weighted by molar-refractivity contribution is 0.0656. The molecule has 1 aliphatic carbocycles. The molecular weight excluding hydrogens is 386 g/mol. The number of amides is 2. The molecule has 1 saturated carbocycles. The van der Waals surface area contributed by atoms with Crippen molar-refractivity contribution in [3.63, 3.8) is 0 Å². The molecule has 0 unspecified atom stereocenters. The van der Waals surface area contributed by atoms with Crippen molar-refractivity contribution in [2.45, 2.75) is 31.1 Å². The van der Waals surface area contributed by atoms with Crippen molar-refractivity contribution in [3.05, 3.63) is 63.7 Å². The van der Waals surface area contributed by atoms with Crippen LogP contribution < -0.4 is 5.73 Å². The van der Waals surface area contributed by atoms with Gasteiger partial charge in [-0.15, -0.1) is 0 Å². The van der Waals surface area contributed by atoms with Gasteiger partial charge < -0.3 is 10.6 Å². The third-order valence-electron chi connectivity index (χ3n) is 6.15. The number of nitrogens with two attached hydrogens (primary N) is 1. The van der Waals surface area contributed by atoms with Crippen molar-refractivity contribution in [2.75, 3.05) is 32.9 Å². The Kier molecular flexibility index (Phi) is 5.13. The Morgan fingerprint density at radius 2 is 1.79 bits per heavy atom. The molecule has 4 rings (SSSR count). The van der Waals surface area contributed by atoms with Crippen LogP contribution in [0.3, 0.4) is 0 Å². The van der Waals surface area contributed by atoms with Crippen molar-refractivity contribution in [3.8, 4) is 0 Å². The van der Waals surface area contributed by atoms with Gasteiger partial charge >= 0.3 is 0 Å². The summed E-state index contributed by atoms with van der Waals surface area (Å²) in [5, 5.41) is 0.364. The number of nitrogens with zero attached hydrogens (tertiary/aromatic N) is 2. The van der Waals surface area contributed by atoms with Crippen LogP contribution in [0.4, 0.5) is 5.69 Å². The van der Waals surface area contributed by atoms with Crippen LogP contribution in [0.25, 0.3) is 0 Å². The number of hydrogen-bond acceptors (Lipinski definition) is 4. The van der Waals surface area contributed by atoms with Gasteiger partial charge in [0.05, 0.1) is 11.1 Å². The van der Waals surface area contributed by atoms with Gasteiger partial charge in [0, 0.05) is 17.3 Å². The molecule has 1 fully saturated rings. The minimum atomic E-state index is -0.337. The van der Waals surface area contributed by atoms with Crippen LogP contribution >= 0.6 is 11.6 Å². The first-order valence-corrected chi connectivity index (χ1v) is 10.4. The number of nitrogen functional groups attached to an aromatic ring is 1. The highest BCUT2D eigenvalue weighted by atomic mass is 35.5. The first-order chi connectivity index (χ1) is 13.8. The Morgan fingerprint density at radius 1 is 1.10 bits per heavy atom. The van der Waals surface area contributed by atoms with Crippen molar-refractivity contribution in [1.29, 1.82) is 0 Å². The zero-order chi connectivity index (χ0) is 20.8. The number of anilines is 1. The number of benzene rings is 2. The van der Waals surface area contributed by atoms with E-state index >= 15 is 0 Å². The van der Waals surface area contributed by atoms with Gasteiger partial charge in [0.2, 0.25) is 0 Å². The van der Waals surface area contributed by atoms with E-state index in [-0.39, 0.29) is 23.1 Å². The first-order valence-electron chi connectivity index (χ1n) is 10.0. The monoisotopic (exact) mass is 411 g/mol. The fourth-order valence-corrected chi connectivity index (χ4v) is 4.38. The van der Waals surface area contributed by atoms with Gasteiger partial charge in [-0.25, -0.2) is 0 Å². The van der Waals surface area contributed by atoms with Crippen LogP contribution in [0.2, 0.25) is 5.02 Å². The zero-order valence-electron chi connectivity index (χ0n) is 16.9. The maximum atomic E-state index is 12.7. The summed E-state index contributed by atoms with van der Waals surface area (Å²) in [6.45, 7) is 1.42. The second-order valence-corrected chi connectivity index (χ2v) is 8.90. The van der Waals surface area contributed by atoms with Crippen molar-refractivity contribution in [2.24, 2.45) is 0 Å². The molecule has 2 aliphatic rings. The van der Waals surface area contributed by atoms with Gasteiger partial charge in [0.15, 0.2) is 0 Å². The molecule has 152 valence electrons. The predicted octanol–water partition coefficient (Wildman–Crippen LogP) is 3.74. The Hall–Kier alpha value is -2.37. The van der Waals surface area contributed by atoms with E-state index in [1.165, 1.54) is 41.9 Å². The first kappa shape index (κ1) is 19.9. The minimum Gasteiger partial charge on any atom is -0.398 e. The van der Waals surface area contributed by atoms with E-state index in [0.29, 0.717) is 29.0 Å². The number of hydrogen-bond donors (Lipinski definition) is 1. The van der Waals surface area contributed by atoms with E-state index in [2.05, 4.69) is 43.3 Å². The van der Waals surface area contributed by atoms with Gasteiger partial charge in [0.25, 0.3) is 11.8 Å². The van der Waals surface area contributed by atoms with E-state index in [1.54, 1.807) is 0 Å². The average Bonchev–Trinajstić information content (AvgIpc) is 3.42. The number of halogens is 1. The fraction of sp³-hybridized carbons (Fsp3) is 0.391. The molecule has 0 aromatic heterocycles. The molecule has 0 atom stereocenters. The van der Waals surface area contributed by atoms with Crippen LogP contribution in [0.15, 0.2) is 36.4 Å². The minimum absolute atomic E-state index is 0.255. The highest BCUT2D eigenvalue weighted by Gasteiger charge is 2.43. The number of rotatable bonds is 7. The maximum absolute atomic E-state index is 12.7. The van der Waals surface area contributed by atoms with Crippen molar-refractivity contribution >= 4 is 29.1 Å². The number of carbonyl (C=O) groups excluding carboxylic acids is 2. The topological polar surface area (TPSA) is 66.6 Å². The number of fused-ring (bicyclic) bond motifs is 1. The zero-order valence-corrected chi connectivity index (χ0v) is 17.6. The summed E-state index contributed by atoms with van der Waals surface area (Å²) in [5.41, 5.74) is 9.58. The van der Waals surface area contributed by atoms with Crippen LogP contribution in [-0.2, 0) is 11.8 Å². The molecular formula is C23H26ClN3O2. The second-order valence-electron chi connectivity index (χ2n) is 8.46. The van der Waals surface area contributed by atoms with Crippen LogP contribution in [-0.4, -0.2) is 48.8 Å². The van der Waals surface area contributed by atoms with Crippen molar-refractivity contribution < 1.29 is 9.59 Å². The molecule has 0 radical (unpaired) electrons. The van der Waals surface area contributed by atoms with Crippen molar-refractivity contribution in [1.82, 2.24) is 9.80 Å². The van der Waals surface area contributed by atoms with E-state index in [0.717, 1.165) is 12.1 Å². The van der Waals surface area contributed by atoms with E-state index in [9.17, 15) is 9.59 Å². The van der Waals surface area contributed by atoms with E-state index < -0.39 is 0 Å². The van der Waals surface area contributed by atoms with Crippen LogP contribution in [0.1, 0.15) is 51.1 Å². The average molecular weight is 412 g/mol. The lowest BCUT2D eigenvalue weighted by Crippen LogP contribution is -2.31. The molecule has 29 heavy (non-hydrogen) atoms. The molecule has 1 heterocycles. The molecule has 2 aromatic rings. The van der Waals surface area contributed by atoms with E-state index in [1.807, 2.05) is 0 Å². The molecule has 0 bridgehead atoms. The van der Waals surface area contributed by atoms with Crippen LogP contribution in [0.5, 0.6) is 0 Å². The summed E-state index contributed by atoms with van der Waals surface area (Å²) in [6, 6.07) is 11.7. The highest BCUT2D eigenvalue weighted by molar-refractivity contribution is 6.33. The van der Waals surface area contributed by atoms with E-state index in [4.69, 9.17) is 17.3 Å². The molecule has 2 N–H and O–H groups in total. The molecule has 6 heteroatoms. The summed E-state index contributed by atoms with van der Waals surface area (Å²) in [4.78, 5) is 28.8. The lowest BCUT2D eigenvalue weighted by Gasteiger charge is -2.19. The third kappa shape index (κ3) is 3.77. The normalized spacial score (nSPS) is 17.2. The Labute approximate surface area is 176 Å². The molecule has 2 aromatic carbocycles. The van der Waals surface area contributed by atoms with Crippen LogP contribution in [0, 0.1) is 0 Å². The van der Waals surface area contributed by atoms with Gasteiger partial charge in [-0.2, -0.15) is 0 Å². The lowest BCUT2D eigenvalue weighted by atomic mass is 9.91. The van der Waals surface area contributed by atoms with Gasteiger partial charge in [0.1, 0.15) is 0 Å². The smallest absolute Gasteiger partial charge is 0.263 e. The number of carbonyl (C=O) groups is 2. The second kappa shape index (κ2) is 7.47. The molecule has 0 spiro atoms. The quantitative estimate of drug-likeness (QED) is 0.556. The summed E-state index contributed by atoms with van der Waals surface area (Å²) >= 11 is 5.99. The van der Waals surface area contributed by atoms with Gasteiger partial charge in [-0.05, 0) is 75.0 Å². The fourth-order valence-electron chi connectivity index (χ4n) is 4.15. The number of imide groups is 1. The van der Waals surface area contributed by atoms with Gasteiger partial charge in [-0.3, -0.25) is 14.5 Å². The Morgan fingerprint density at radius 3 is 2.41 bits per heavy atom. The third-order valence-corrected chi connectivity index (χ3v) is 6.37. The standard InChI is InChI=1S/C23H26ClN3O2/c1-26(2)12-10-23(8-9-23)16-5-3-15(4-6-16)7-11-27-21(28)18-13-17(24)14-19(25)20(18)22(27)29/h3-6,13-14H,7-12,25H2,1-2H3. The SMILES string of the molecule is CN(C)CCC1(c2ccc(CCN3C(=O)c4cc(Cl)cc(N)c4C3=O)cc2)CC1. The summed E-state index contributed by atoms with van der Waals surface area (Å²) < 4.78 is 0. The largest absolute Gasteiger partial charge is 0.398 e. The maximum Gasteiger partial charge on any atom is 0.263 e. The molecule has 2 amide bonds. The Balaban J connectivity index is 1.42. The molecule has 0 saturated heterocycles. The summed E-state index contributed by atoms with van der Waals surface area (Å²) in [7, 11) is 4.22. The molecule has 1 aliphatic heterocycles.